The van der Waals surface area contributed by atoms with Crippen LogP contribution in [0.4, 0.5) is 11.6 Å². The first-order valence-electron chi connectivity index (χ1n) is 14.8. The highest BCUT2D eigenvalue weighted by atomic mass is 32.2. The average molecular weight is 620 g/mol. The van der Waals surface area contributed by atoms with Gasteiger partial charge in [-0.25, -0.2) is 27.9 Å². The third-order valence-corrected chi connectivity index (χ3v) is 14.0. The third kappa shape index (κ3) is 7.93. The molecule has 2 saturated heterocycles. The number of hydrogen-bond acceptors (Lipinski definition) is 5. The molecule has 41 heavy (non-hydrogen) atoms. The van der Waals surface area contributed by atoms with Crippen molar-refractivity contribution < 1.29 is 8.42 Å². The van der Waals surface area contributed by atoms with Crippen molar-refractivity contribution in [1.29, 1.82) is 0 Å². The summed E-state index contributed by atoms with van der Waals surface area (Å²) in [6, 6.07) is 8.38. The number of aromatic nitrogens is 2. The van der Waals surface area contributed by atoms with Crippen LogP contribution in [-0.4, -0.2) is 64.2 Å². The van der Waals surface area contributed by atoms with Gasteiger partial charge in [-0.1, -0.05) is 46.5 Å². The highest BCUT2D eigenvalue weighted by molar-refractivity contribution is 7.92. The summed E-state index contributed by atoms with van der Waals surface area (Å²) in [6.07, 6.45) is 9.84. The Morgan fingerprint density at radius 3 is 1.76 bits per heavy atom. The van der Waals surface area contributed by atoms with E-state index < -0.39 is 17.4 Å². The maximum absolute atomic E-state index is 13.0. The fourth-order valence-corrected chi connectivity index (χ4v) is 11.9. The smallest absolute Gasteiger partial charge is 0.264 e. The molecule has 0 spiro atoms. The van der Waals surface area contributed by atoms with Crippen LogP contribution in [0.15, 0.2) is 40.0 Å². The molecule has 2 aliphatic heterocycles. The van der Waals surface area contributed by atoms with Crippen molar-refractivity contribution in [2.75, 3.05) is 36.2 Å². The van der Waals surface area contributed by atoms with Gasteiger partial charge in [-0.3, -0.25) is 9.34 Å². The Balaban J connectivity index is 1.61. The minimum atomic E-state index is -3.84. The molecule has 9 nitrogen and oxygen atoms in total. The molecule has 12 heteroatoms. The fourth-order valence-electron chi connectivity index (χ4n) is 5.91. The van der Waals surface area contributed by atoms with Crippen molar-refractivity contribution in [1.82, 2.24) is 19.3 Å². The topological polar surface area (TPSA) is 103 Å². The fraction of sp³-hybridized carbons (Fsp3) is 0.621. The zero-order valence-electron chi connectivity index (χ0n) is 25.2. The zero-order chi connectivity index (χ0) is 29.7. The molecule has 1 aromatic heterocycles. The summed E-state index contributed by atoms with van der Waals surface area (Å²) in [5.74, 6) is 0.0641. The molecule has 0 unspecified atom stereocenters. The Kier molecular flexibility index (Phi) is 10.6. The molecule has 0 bridgehead atoms. The van der Waals surface area contributed by atoms with Gasteiger partial charge in [0.25, 0.3) is 10.0 Å². The Morgan fingerprint density at radius 2 is 1.32 bits per heavy atom. The van der Waals surface area contributed by atoms with E-state index in [4.69, 9.17) is 17.0 Å². The number of rotatable bonds is 6. The number of sulfonamides is 1. The minimum absolute atomic E-state index is 0.0641. The van der Waals surface area contributed by atoms with Crippen molar-refractivity contribution in [3.8, 4) is 0 Å². The van der Waals surface area contributed by atoms with Crippen molar-refractivity contribution in [3.05, 3.63) is 41.7 Å². The van der Waals surface area contributed by atoms with Gasteiger partial charge in [-0.2, -0.15) is 0 Å². The molecule has 2 aromatic rings. The number of nitrogens with zero attached hydrogens (tertiary/aromatic N) is 5. The normalized spacial score (nSPS) is 18.3. The van der Waals surface area contributed by atoms with E-state index in [1.807, 2.05) is 0 Å². The van der Waals surface area contributed by atoms with E-state index in [0.29, 0.717) is 22.2 Å². The molecule has 1 aromatic carbocycles. The lowest BCUT2D eigenvalue weighted by Crippen LogP contribution is -2.42. The molecular formula is C29H46N7O2PS2. The van der Waals surface area contributed by atoms with Gasteiger partial charge in [-0.15, -0.1) is 0 Å². The largest absolute Gasteiger partial charge is 0.331 e. The van der Waals surface area contributed by atoms with Crippen LogP contribution < -0.4 is 10.0 Å². The Bertz CT molecular complexity index is 1310. The monoisotopic (exact) mass is 619 g/mol. The van der Waals surface area contributed by atoms with E-state index in [2.05, 4.69) is 50.1 Å². The number of anilines is 2. The summed E-state index contributed by atoms with van der Waals surface area (Å²) in [5, 5.41) is 3.70. The Labute approximate surface area is 252 Å². The molecule has 0 atom stereocenters. The predicted molar refractivity (Wildman–Crippen MR) is 174 cm³/mol. The lowest BCUT2D eigenvalue weighted by Gasteiger charge is -2.50. The van der Waals surface area contributed by atoms with E-state index in [1.165, 1.54) is 51.4 Å². The first-order valence-corrected chi connectivity index (χ1v) is 18.3. The average Bonchev–Trinajstić information content (AvgIpc) is 3.32. The molecule has 3 heterocycles. The number of nitrogens with one attached hydrogen (secondary N) is 2. The quantitative estimate of drug-likeness (QED) is 0.259. The predicted octanol–water partition coefficient (Wildman–Crippen LogP) is 7.17. The van der Waals surface area contributed by atoms with Gasteiger partial charge >= 0.3 is 0 Å². The summed E-state index contributed by atoms with van der Waals surface area (Å²) in [5.41, 5.74) is 2.10. The molecule has 0 aliphatic carbocycles. The maximum atomic E-state index is 13.0. The number of thiocarbonyl (C=S) groups is 1. The number of benzene rings is 1. The summed E-state index contributed by atoms with van der Waals surface area (Å²) in [7, 11) is -6.04. The van der Waals surface area contributed by atoms with Crippen LogP contribution in [0, 0.1) is 13.8 Å². The van der Waals surface area contributed by atoms with Crippen LogP contribution in [-0.2, 0) is 10.0 Å². The van der Waals surface area contributed by atoms with E-state index in [9.17, 15) is 8.42 Å². The number of hydrogen-bond donors (Lipinski definition) is 2. The highest BCUT2D eigenvalue weighted by Gasteiger charge is 2.44. The SMILES string of the molecule is Cc1cc(C)nc(NS(=O)(=O)c2ccc(NC(=S)N=P(N3CCCCCC3)(N3CCCCCC3)C(C)(C)C)cc2)n1. The van der Waals surface area contributed by atoms with Crippen molar-refractivity contribution in [2.45, 2.75) is 96.0 Å². The second-order valence-electron chi connectivity index (χ2n) is 12.1. The van der Waals surface area contributed by atoms with Gasteiger partial charge < -0.3 is 5.32 Å². The van der Waals surface area contributed by atoms with Crippen LogP contribution in [0.5, 0.6) is 0 Å². The molecule has 0 amide bonds. The van der Waals surface area contributed by atoms with Crippen molar-refractivity contribution >= 4 is 46.3 Å². The number of aryl methyl sites for hydroxylation is 2. The van der Waals surface area contributed by atoms with Crippen LogP contribution in [0.2, 0.25) is 0 Å². The van der Waals surface area contributed by atoms with Crippen LogP contribution >= 0.6 is 19.6 Å². The molecule has 4 rings (SSSR count). The summed E-state index contributed by atoms with van der Waals surface area (Å²) in [4.78, 5) is 8.52. The van der Waals surface area contributed by atoms with E-state index >= 15 is 0 Å². The van der Waals surface area contributed by atoms with Crippen LogP contribution in [0.1, 0.15) is 83.5 Å². The second kappa shape index (κ2) is 13.6. The molecule has 2 N–H and O–H groups in total. The first-order chi connectivity index (χ1) is 19.4. The Hall–Kier alpha value is -1.91. The first kappa shape index (κ1) is 32.0. The molecule has 226 valence electrons. The summed E-state index contributed by atoms with van der Waals surface area (Å²) in [6.45, 7) is 14.8. The Morgan fingerprint density at radius 1 is 0.854 bits per heavy atom. The van der Waals surface area contributed by atoms with Gasteiger partial charge in [0.05, 0.1) is 4.90 Å². The van der Waals surface area contributed by atoms with Gasteiger partial charge in [0.1, 0.15) is 7.36 Å². The maximum Gasteiger partial charge on any atom is 0.264 e. The molecular weight excluding hydrogens is 573 g/mol. The summed E-state index contributed by atoms with van der Waals surface area (Å²) < 4.78 is 39.4. The van der Waals surface area contributed by atoms with Gasteiger partial charge in [-0.05, 0) is 82.1 Å². The standard InChI is InChI=1S/C29H46N7O2PS2/c1-23-22-24(2)31-27(30-23)34-41(37,38)26-16-14-25(15-17-26)32-28(40)33-39(29(3,4)5,35-18-10-6-7-11-19-35)36-20-12-8-9-13-21-36/h14-17,22H,6-13,18-21H2,1-5H3,(H,32,40)(H,30,31,34). The van der Waals surface area contributed by atoms with E-state index in [1.54, 1.807) is 44.2 Å². The van der Waals surface area contributed by atoms with Gasteiger partial charge in [0, 0.05) is 48.4 Å². The molecule has 2 fully saturated rings. The van der Waals surface area contributed by atoms with Gasteiger partial charge in [0.15, 0.2) is 5.11 Å². The van der Waals surface area contributed by atoms with Gasteiger partial charge in [0.2, 0.25) is 5.95 Å². The molecule has 2 aliphatic rings. The van der Waals surface area contributed by atoms with E-state index in [0.717, 1.165) is 26.2 Å². The zero-order valence-corrected chi connectivity index (χ0v) is 27.7. The van der Waals surface area contributed by atoms with Crippen LogP contribution in [0.3, 0.4) is 0 Å². The second-order valence-corrected chi connectivity index (χ2v) is 18.0. The minimum Gasteiger partial charge on any atom is -0.331 e. The lowest BCUT2D eigenvalue weighted by molar-refractivity contribution is 0.368. The lowest BCUT2D eigenvalue weighted by atomic mass is 10.2. The van der Waals surface area contributed by atoms with Crippen molar-refractivity contribution in [2.24, 2.45) is 4.74 Å². The molecule has 0 radical (unpaired) electrons. The third-order valence-electron chi connectivity index (χ3n) is 7.71. The molecule has 0 saturated carbocycles. The van der Waals surface area contributed by atoms with Crippen LogP contribution in [0.25, 0.3) is 0 Å². The highest BCUT2D eigenvalue weighted by Crippen LogP contribution is 2.66. The summed E-state index contributed by atoms with van der Waals surface area (Å²) >= 11 is 5.93. The van der Waals surface area contributed by atoms with E-state index in [-0.39, 0.29) is 16.0 Å². The van der Waals surface area contributed by atoms with Crippen molar-refractivity contribution in [3.63, 3.8) is 0 Å².